The van der Waals surface area contributed by atoms with Crippen molar-refractivity contribution in [2.45, 2.75) is 32.9 Å². The van der Waals surface area contributed by atoms with Crippen LogP contribution in [0.15, 0.2) is 42.5 Å². The van der Waals surface area contributed by atoms with Crippen LogP contribution in [0.5, 0.6) is 17.2 Å². The van der Waals surface area contributed by atoms with Crippen LogP contribution in [-0.2, 0) is 16.1 Å². The number of hydrogen-bond donors (Lipinski definition) is 1. The Morgan fingerprint density at radius 3 is 2.52 bits per heavy atom. The lowest BCUT2D eigenvalue weighted by Gasteiger charge is -2.28. The lowest BCUT2D eigenvalue weighted by molar-refractivity contribution is -0.385. The molecule has 2 aromatic carbocycles. The predicted molar refractivity (Wildman–Crippen MR) is 121 cm³/mol. The number of methoxy groups -OCH3 is 2. The van der Waals surface area contributed by atoms with Gasteiger partial charge in [0.25, 0.3) is 5.91 Å². The van der Waals surface area contributed by atoms with Gasteiger partial charge in [0.05, 0.1) is 19.1 Å². The number of nitrogens with one attached hydrogen (secondary N) is 1. The standard InChI is InChI=1S/C23H29N3O7/c1-5-11-24-23(28)16(2)25(14-17-7-6-8-18(12-17)31-3)22(27)15-33-19-9-10-20(26(29)30)21(13-19)32-4/h6-10,12-13,16H,5,11,14-15H2,1-4H3,(H,24,28)/t16-/m1/s1. The third kappa shape index (κ3) is 7.09. The van der Waals surface area contributed by atoms with Crippen LogP contribution in [0.1, 0.15) is 25.8 Å². The van der Waals surface area contributed by atoms with Crippen molar-refractivity contribution in [3.63, 3.8) is 0 Å². The molecule has 0 aliphatic carbocycles. The summed E-state index contributed by atoms with van der Waals surface area (Å²) in [6, 6.07) is 10.4. The highest BCUT2D eigenvalue weighted by Gasteiger charge is 2.26. The van der Waals surface area contributed by atoms with Crippen molar-refractivity contribution in [1.29, 1.82) is 0 Å². The number of ether oxygens (including phenoxy) is 3. The molecule has 1 atom stereocenters. The second kappa shape index (κ2) is 12.3. The molecule has 0 heterocycles. The maximum Gasteiger partial charge on any atom is 0.311 e. The summed E-state index contributed by atoms with van der Waals surface area (Å²) in [6.07, 6.45) is 0.771. The van der Waals surface area contributed by atoms with E-state index in [4.69, 9.17) is 14.2 Å². The van der Waals surface area contributed by atoms with E-state index in [1.165, 1.54) is 30.2 Å². The monoisotopic (exact) mass is 459 g/mol. The van der Waals surface area contributed by atoms with Crippen LogP contribution in [-0.4, -0.2) is 55.1 Å². The van der Waals surface area contributed by atoms with Crippen molar-refractivity contribution >= 4 is 17.5 Å². The minimum Gasteiger partial charge on any atom is -0.497 e. The van der Waals surface area contributed by atoms with Gasteiger partial charge in [0.2, 0.25) is 11.7 Å². The fraction of sp³-hybridized carbons (Fsp3) is 0.391. The SMILES string of the molecule is CCCNC(=O)[C@@H](C)N(Cc1cccc(OC)c1)C(=O)COc1ccc([N+](=O)[O-])c(OC)c1. The number of nitro groups is 1. The first kappa shape index (κ1) is 25.4. The predicted octanol–water partition coefficient (Wildman–Crippen LogP) is 2.93. The molecule has 0 fully saturated rings. The van der Waals surface area contributed by atoms with Crippen molar-refractivity contribution in [2.24, 2.45) is 0 Å². The molecule has 2 aromatic rings. The normalized spacial score (nSPS) is 11.3. The van der Waals surface area contributed by atoms with E-state index < -0.39 is 16.9 Å². The van der Waals surface area contributed by atoms with Gasteiger partial charge >= 0.3 is 5.69 Å². The summed E-state index contributed by atoms with van der Waals surface area (Å²) in [6.45, 7) is 3.90. The maximum absolute atomic E-state index is 13.1. The van der Waals surface area contributed by atoms with Gasteiger partial charge < -0.3 is 24.4 Å². The Bertz CT molecular complexity index is 980. The molecule has 10 heteroatoms. The van der Waals surface area contributed by atoms with Gasteiger partial charge in [-0.2, -0.15) is 0 Å². The smallest absolute Gasteiger partial charge is 0.311 e. The van der Waals surface area contributed by atoms with Gasteiger partial charge in [0.15, 0.2) is 6.61 Å². The van der Waals surface area contributed by atoms with Gasteiger partial charge in [0.1, 0.15) is 17.5 Å². The second-order valence-corrected chi connectivity index (χ2v) is 7.22. The van der Waals surface area contributed by atoms with Crippen molar-refractivity contribution in [3.05, 3.63) is 58.1 Å². The zero-order valence-electron chi connectivity index (χ0n) is 19.2. The van der Waals surface area contributed by atoms with E-state index in [2.05, 4.69) is 5.32 Å². The molecule has 33 heavy (non-hydrogen) atoms. The van der Waals surface area contributed by atoms with E-state index in [0.717, 1.165) is 12.0 Å². The van der Waals surface area contributed by atoms with Crippen LogP contribution >= 0.6 is 0 Å². The minimum absolute atomic E-state index is 0.0190. The van der Waals surface area contributed by atoms with E-state index in [1.54, 1.807) is 32.2 Å². The molecular formula is C23H29N3O7. The third-order valence-electron chi connectivity index (χ3n) is 4.91. The fourth-order valence-electron chi connectivity index (χ4n) is 3.07. The first-order chi connectivity index (χ1) is 15.8. The molecule has 178 valence electrons. The van der Waals surface area contributed by atoms with E-state index in [9.17, 15) is 19.7 Å². The zero-order valence-corrected chi connectivity index (χ0v) is 19.2. The lowest BCUT2D eigenvalue weighted by atomic mass is 10.1. The summed E-state index contributed by atoms with van der Waals surface area (Å²) in [5.74, 6) is 0.192. The number of nitro benzene ring substituents is 1. The molecule has 2 rings (SSSR count). The van der Waals surface area contributed by atoms with Crippen molar-refractivity contribution in [2.75, 3.05) is 27.4 Å². The minimum atomic E-state index is -0.745. The van der Waals surface area contributed by atoms with Crippen molar-refractivity contribution in [3.8, 4) is 17.2 Å². The fourth-order valence-corrected chi connectivity index (χ4v) is 3.07. The number of amides is 2. The molecule has 0 saturated heterocycles. The van der Waals surface area contributed by atoms with Gasteiger partial charge in [-0.05, 0) is 37.1 Å². The Morgan fingerprint density at radius 1 is 1.12 bits per heavy atom. The van der Waals surface area contributed by atoms with E-state index in [-0.39, 0.29) is 36.2 Å². The highest BCUT2D eigenvalue weighted by molar-refractivity contribution is 5.88. The molecule has 0 saturated carbocycles. The second-order valence-electron chi connectivity index (χ2n) is 7.22. The number of nitrogens with zero attached hydrogens (tertiary/aromatic N) is 2. The van der Waals surface area contributed by atoms with E-state index in [1.807, 2.05) is 13.0 Å². The Morgan fingerprint density at radius 2 is 1.88 bits per heavy atom. The van der Waals surface area contributed by atoms with Crippen LogP contribution in [0.25, 0.3) is 0 Å². The number of carbonyl (C=O) groups is 2. The van der Waals surface area contributed by atoms with Crippen molar-refractivity contribution < 1.29 is 28.7 Å². The van der Waals surface area contributed by atoms with E-state index in [0.29, 0.717) is 12.3 Å². The summed E-state index contributed by atoms with van der Waals surface area (Å²) in [5.41, 5.74) is 0.576. The van der Waals surface area contributed by atoms with Crippen LogP contribution in [0, 0.1) is 10.1 Å². The molecule has 0 bridgehead atoms. The Balaban J connectivity index is 2.19. The molecule has 0 aliphatic heterocycles. The van der Waals surface area contributed by atoms with Crippen molar-refractivity contribution in [1.82, 2.24) is 10.2 Å². The molecule has 0 aromatic heterocycles. The number of benzene rings is 2. The highest BCUT2D eigenvalue weighted by Crippen LogP contribution is 2.30. The summed E-state index contributed by atoms with van der Waals surface area (Å²) >= 11 is 0. The first-order valence-corrected chi connectivity index (χ1v) is 10.5. The summed E-state index contributed by atoms with van der Waals surface area (Å²) in [5, 5.41) is 13.9. The molecule has 2 amide bonds. The average molecular weight is 459 g/mol. The Hall–Kier alpha value is -3.82. The number of hydrogen-bond acceptors (Lipinski definition) is 7. The largest absolute Gasteiger partial charge is 0.497 e. The summed E-state index contributed by atoms with van der Waals surface area (Å²) in [7, 11) is 2.86. The van der Waals surface area contributed by atoms with Gasteiger partial charge in [0, 0.05) is 25.2 Å². The molecule has 0 spiro atoms. The quantitative estimate of drug-likeness (QED) is 0.383. The van der Waals surface area contributed by atoms with Crippen LogP contribution < -0.4 is 19.5 Å². The van der Waals surface area contributed by atoms with Gasteiger partial charge in [-0.1, -0.05) is 19.1 Å². The van der Waals surface area contributed by atoms with E-state index >= 15 is 0 Å². The van der Waals surface area contributed by atoms with Gasteiger partial charge in [-0.15, -0.1) is 0 Å². The topological polar surface area (TPSA) is 120 Å². The van der Waals surface area contributed by atoms with Gasteiger partial charge in [-0.25, -0.2) is 0 Å². The number of carbonyl (C=O) groups excluding carboxylic acids is 2. The summed E-state index contributed by atoms with van der Waals surface area (Å²) in [4.78, 5) is 37.6. The average Bonchev–Trinajstić information content (AvgIpc) is 2.83. The highest BCUT2D eigenvalue weighted by atomic mass is 16.6. The van der Waals surface area contributed by atoms with Crippen LogP contribution in [0.4, 0.5) is 5.69 Å². The molecule has 10 nitrogen and oxygen atoms in total. The van der Waals surface area contributed by atoms with Gasteiger partial charge in [-0.3, -0.25) is 19.7 Å². The molecule has 1 N–H and O–H groups in total. The molecule has 0 unspecified atom stereocenters. The molecular weight excluding hydrogens is 430 g/mol. The number of rotatable bonds is 12. The molecule has 0 radical (unpaired) electrons. The summed E-state index contributed by atoms with van der Waals surface area (Å²) < 4.78 is 15.8. The first-order valence-electron chi connectivity index (χ1n) is 10.5. The third-order valence-corrected chi connectivity index (χ3v) is 4.91. The lowest BCUT2D eigenvalue weighted by Crippen LogP contribution is -2.49. The Labute approximate surface area is 192 Å². The van der Waals surface area contributed by atoms with Crippen LogP contribution in [0.3, 0.4) is 0 Å². The van der Waals surface area contributed by atoms with Crippen LogP contribution in [0.2, 0.25) is 0 Å². The maximum atomic E-state index is 13.1. The molecule has 0 aliphatic rings. The Kier molecular flexibility index (Phi) is 9.46. The zero-order chi connectivity index (χ0) is 24.4.